The molecule has 1 saturated heterocycles. The lowest BCUT2D eigenvalue weighted by Crippen LogP contribution is -2.34. The number of para-hydroxylation sites is 1. The molecule has 1 atom stereocenters. The van der Waals surface area contributed by atoms with Crippen LogP contribution in [0.4, 0.5) is 5.69 Å². The van der Waals surface area contributed by atoms with Crippen LogP contribution in [0.15, 0.2) is 47.1 Å². The Morgan fingerprint density at radius 3 is 2.74 bits per heavy atom. The molecule has 1 fully saturated rings. The van der Waals surface area contributed by atoms with Gasteiger partial charge in [-0.1, -0.05) is 12.1 Å². The van der Waals surface area contributed by atoms with Crippen LogP contribution in [0.3, 0.4) is 0 Å². The minimum atomic E-state index is -0.711. The van der Waals surface area contributed by atoms with Crippen LogP contribution in [0.1, 0.15) is 33.8 Å². The van der Waals surface area contributed by atoms with Gasteiger partial charge < -0.3 is 24.5 Å². The van der Waals surface area contributed by atoms with E-state index >= 15 is 0 Å². The summed E-state index contributed by atoms with van der Waals surface area (Å²) < 4.78 is 15.5. The van der Waals surface area contributed by atoms with Crippen LogP contribution in [0.25, 0.3) is 0 Å². The van der Waals surface area contributed by atoms with Crippen molar-refractivity contribution >= 4 is 23.5 Å². The summed E-state index contributed by atoms with van der Waals surface area (Å²) in [5.74, 6) is -1.49. The highest BCUT2D eigenvalue weighted by Gasteiger charge is 2.19. The normalized spacial score (nSPS) is 15.9. The highest BCUT2D eigenvalue weighted by Crippen LogP contribution is 2.17. The van der Waals surface area contributed by atoms with Crippen molar-refractivity contribution in [3.63, 3.8) is 0 Å². The van der Waals surface area contributed by atoms with Crippen LogP contribution in [0, 0.1) is 0 Å². The third kappa shape index (κ3) is 5.18. The van der Waals surface area contributed by atoms with Crippen molar-refractivity contribution in [2.45, 2.75) is 18.9 Å². The van der Waals surface area contributed by atoms with Crippen molar-refractivity contribution in [1.82, 2.24) is 5.32 Å². The quantitative estimate of drug-likeness (QED) is 0.720. The molecule has 0 radical (unpaired) electrons. The topological polar surface area (TPSA) is 107 Å². The molecule has 0 spiro atoms. The zero-order valence-electron chi connectivity index (χ0n) is 14.6. The number of carbonyl (C=O) groups excluding carboxylic acids is 3. The molecular formula is C19H20N2O6. The minimum absolute atomic E-state index is 0.0159. The van der Waals surface area contributed by atoms with Gasteiger partial charge in [-0.15, -0.1) is 0 Å². The molecule has 0 saturated carbocycles. The maximum absolute atomic E-state index is 12.3. The van der Waals surface area contributed by atoms with E-state index in [2.05, 4.69) is 10.6 Å². The zero-order chi connectivity index (χ0) is 19.1. The van der Waals surface area contributed by atoms with E-state index in [-0.39, 0.29) is 23.1 Å². The Morgan fingerprint density at radius 1 is 1.15 bits per heavy atom. The van der Waals surface area contributed by atoms with E-state index in [1.54, 1.807) is 24.3 Å². The van der Waals surface area contributed by atoms with Gasteiger partial charge in [0, 0.05) is 13.2 Å². The number of anilines is 1. The number of benzene rings is 1. The third-order valence-corrected chi connectivity index (χ3v) is 4.03. The number of rotatable bonds is 7. The van der Waals surface area contributed by atoms with Gasteiger partial charge in [0.05, 0.1) is 23.6 Å². The second-order valence-corrected chi connectivity index (χ2v) is 5.99. The Morgan fingerprint density at radius 2 is 2.00 bits per heavy atom. The molecule has 2 N–H and O–H groups in total. The fraction of sp³-hybridized carbons (Fsp3) is 0.316. The standard InChI is InChI=1S/C19H20N2O6/c22-17(20-11-13-5-3-9-25-13)12-27-19(24)14-6-1-2-7-15(14)21-18(23)16-8-4-10-26-16/h1-2,4,6-8,10,13H,3,5,9,11-12H2,(H,20,22)(H,21,23). The lowest BCUT2D eigenvalue weighted by atomic mass is 10.1. The summed E-state index contributed by atoms with van der Waals surface area (Å²) in [6.45, 7) is 0.689. The van der Waals surface area contributed by atoms with E-state index in [9.17, 15) is 14.4 Å². The molecule has 8 nitrogen and oxygen atoms in total. The van der Waals surface area contributed by atoms with Crippen LogP contribution in [-0.2, 0) is 14.3 Å². The molecule has 0 bridgehead atoms. The number of nitrogens with one attached hydrogen (secondary N) is 2. The molecule has 142 valence electrons. The molecule has 1 unspecified atom stereocenters. The Balaban J connectivity index is 1.53. The van der Waals surface area contributed by atoms with Gasteiger partial charge in [0.25, 0.3) is 11.8 Å². The van der Waals surface area contributed by atoms with Gasteiger partial charge >= 0.3 is 5.97 Å². The van der Waals surface area contributed by atoms with Gasteiger partial charge in [-0.05, 0) is 37.1 Å². The van der Waals surface area contributed by atoms with Crippen LogP contribution in [0.2, 0.25) is 0 Å². The average Bonchev–Trinajstić information content (AvgIpc) is 3.38. The number of hydrogen-bond acceptors (Lipinski definition) is 6. The summed E-state index contributed by atoms with van der Waals surface area (Å²) in [6, 6.07) is 9.47. The number of hydrogen-bond donors (Lipinski definition) is 2. The van der Waals surface area contributed by atoms with E-state index in [0.29, 0.717) is 13.2 Å². The number of amides is 2. The van der Waals surface area contributed by atoms with Crippen molar-refractivity contribution in [3.8, 4) is 0 Å². The summed E-state index contributed by atoms with van der Waals surface area (Å²) in [5, 5.41) is 5.27. The molecule has 1 aliphatic heterocycles. The molecule has 2 amide bonds. The lowest BCUT2D eigenvalue weighted by Gasteiger charge is -2.12. The van der Waals surface area contributed by atoms with Gasteiger partial charge in [0.15, 0.2) is 12.4 Å². The average molecular weight is 372 g/mol. The molecule has 1 aromatic carbocycles. The molecule has 27 heavy (non-hydrogen) atoms. The fourth-order valence-electron chi connectivity index (χ4n) is 2.65. The van der Waals surface area contributed by atoms with Gasteiger partial charge in [-0.3, -0.25) is 9.59 Å². The van der Waals surface area contributed by atoms with Crippen LogP contribution in [0.5, 0.6) is 0 Å². The van der Waals surface area contributed by atoms with Crippen LogP contribution in [-0.4, -0.2) is 43.6 Å². The Labute approximate surface area is 155 Å². The van der Waals surface area contributed by atoms with Gasteiger partial charge in [-0.2, -0.15) is 0 Å². The number of ether oxygens (including phenoxy) is 2. The van der Waals surface area contributed by atoms with Crippen molar-refractivity contribution < 1.29 is 28.3 Å². The highest BCUT2D eigenvalue weighted by molar-refractivity contribution is 6.06. The first-order valence-electron chi connectivity index (χ1n) is 8.63. The maximum Gasteiger partial charge on any atom is 0.340 e. The highest BCUT2D eigenvalue weighted by atomic mass is 16.5. The molecule has 0 aliphatic carbocycles. The van der Waals surface area contributed by atoms with E-state index in [1.165, 1.54) is 18.4 Å². The molecule has 2 heterocycles. The largest absolute Gasteiger partial charge is 0.459 e. The maximum atomic E-state index is 12.3. The van der Waals surface area contributed by atoms with E-state index in [4.69, 9.17) is 13.9 Å². The number of carbonyl (C=O) groups is 3. The summed E-state index contributed by atoms with van der Waals surface area (Å²) in [7, 11) is 0. The molecule has 2 aromatic rings. The van der Waals surface area contributed by atoms with Gasteiger partial charge in [-0.25, -0.2) is 4.79 Å². The molecule has 1 aromatic heterocycles. The fourth-order valence-corrected chi connectivity index (χ4v) is 2.65. The van der Waals surface area contributed by atoms with E-state index < -0.39 is 24.4 Å². The third-order valence-electron chi connectivity index (χ3n) is 4.03. The van der Waals surface area contributed by atoms with E-state index in [0.717, 1.165) is 12.8 Å². The van der Waals surface area contributed by atoms with E-state index in [1.807, 2.05) is 0 Å². The number of esters is 1. The van der Waals surface area contributed by atoms with Gasteiger partial charge in [0.2, 0.25) is 0 Å². The van der Waals surface area contributed by atoms with Crippen LogP contribution < -0.4 is 10.6 Å². The second kappa shape index (κ2) is 9.00. The van der Waals surface area contributed by atoms with Crippen LogP contribution >= 0.6 is 0 Å². The number of furan rings is 1. The monoisotopic (exact) mass is 372 g/mol. The molecule has 3 rings (SSSR count). The second-order valence-electron chi connectivity index (χ2n) is 5.99. The first-order valence-corrected chi connectivity index (χ1v) is 8.63. The Kier molecular flexibility index (Phi) is 6.22. The molecule has 1 aliphatic rings. The summed E-state index contributed by atoms with van der Waals surface area (Å²) in [6.07, 6.45) is 3.28. The Hall–Kier alpha value is -3.13. The SMILES string of the molecule is O=C(COC(=O)c1ccccc1NC(=O)c1ccco1)NCC1CCCO1. The van der Waals surface area contributed by atoms with Crippen molar-refractivity contribution in [3.05, 3.63) is 54.0 Å². The van der Waals surface area contributed by atoms with Crippen molar-refractivity contribution in [1.29, 1.82) is 0 Å². The summed E-state index contributed by atoms with van der Waals surface area (Å²) >= 11 is 0. The van der Waals surface area contributed by atoms with Crippen molar-refractivity contribution in [2.24, 2.45) is 0 Å². The smallest absolute Gasteiger partial charge is 0.340 e. The zero-order valence-corrected chi connectivity index (χ0v) is 14.6. The first-order chi connectivity index (χ1) is 13.1. The predicted octanol–water partition coefficient (Wildman–Crippen LogP) is 1.98. The van der Waals surface area contributed by atoms with Crippen molar-refractivity contribution in [2.75, 3.05) is 25.1 Å². The predicted molar refractivity (Wildman–Crippen MR) is 95.4 cm³/mol. The minimum Gasteiger partial charge on any atom is -0.459 e. The summed E-state index contributed by atoms with van der Waals surface area (Å²) in [4.78, 5) is 36.2. The molecular weight excluding hydrogens is 352 g/mol. The Bertz CT molecular complexity index is 796. The van der Waals surface area contributed by atoms with Gasteiger partial charge in [0.1, 0.15) is 0 Å². The lowest BCUT2D eigenvalue weighted by molar-refractivity contribution is -0.124. The summed E-state index contributed by atoms with van der Waals surface area (Å²) in [5.41, 5.74) is 0.410. The first kappa shape index (κ1) is 18.7. The molecule has 8 heteroatoms.